The van der Waals surface area contributed by atoms with Gasteiger partial charge >= 0.3 is 0 Å². The number of methoxy groups -OCH3 is 1. The number of hydrazone groups is 1. The number of aliphatic hydroxyl groups is 1. The van der Waals surface area contributed by atoms with Crippen LogP contribution in [0.2, 0.25) is 5.02 Å². The summed E-state index contributed by atoms with van der Waals surface area (Å²) >= 11 is 5.90. The number of rotatable bonds is 3. The highest BCUT2D eigenvalue weighted by atomic mass is 35.5. The fraction of sp³-hybridized carbons (Fsp3) is 0.222. The Morgan fingerprint density at radius 2 is 2.00 bits per heavy atom. The molecular weight excluding hydrogens is 328 g/mol. The number of hydrogen-bond acceptors (Lipinski definition) is 4. The Hall–Kier alpha value is -2.37. The van der Waals surface area contributed by atoms with E-state index < -0.39 is 5.72 Å². The molecule has 1 aliphatic rings. The Morgan fingerprint density at radius 1 is 1.29 bits per heavy atom. The van der Waals surface area contributed by atoms with E-state index in [1.165, 1.54) is 7.11 Å². The van der Waals surface area contributed by atoms with Crippen molar-refractivity contribution in [2.24, 2.45) is 5.10 Å². The molecule has 0 spiro atoms. The third kappa shape index (κ3) is 3.13. The van der Waals surface area contributed by atoms with E-state index in [2.05, 4.69) is 5.10 Å². The maximum Gasteiger partial charge on any atom is 0.276 e. The Morgan fingerprint density at radius 3 is 2.67 bits per heavy atom. The van der Waals surface area contributed by atoms with Crippen molar-refractivity contribution in [2.75, 3.05) is 7.11 Å². The molecule has 3 rings (SSSR count). The monoisotopic (exact) mass is 344 g/mol. The molecule has 0 saturated heterocycles. The zero-order chi connectivity index (χ0) is 17.3. The average molecular weight is 345 g/mol. The number of carbonyl (C=O) groups excluding carboxylic acids is 1. The van der Waals surface area contributed by atoms with E-state index in [4.69, 9.17) is 16.3 Å². The van der Waals surface area contributed by atoms with Crippen LogP contribution in [0.5, 0.6) is 5.75 Å². The number of carbonyl (C=O) groups is 1. The first-order chi connectivity index (χ1) is 11.4. The summed E-state index contributed by atoms with van der Waals surface area (Å²) in [4.78, 5) is 12.7. The summed E-state index contributed by atoms with van der Waals surface area (Å²) in [5, 5.41) is 16.7. The summed E-state index contributed by atoms with van der Waals surface area (Å²) in [6.07, 6.45) is 0.240. The number of halogens is 1. The van der Waals surface area contributed by atoms with Gasteiger partial charge in [0.15, 0.2) is 5.72 Å². The highest BCUT2D eigenvalue weighted by molar-refractivity contribution is 6.30. The first-order valence-electron chi connectivity index (χ1n) is 7.45. The van der Waals surface area contributed by atoms with Crippen molar-refractivity contribution in [1.29, 1.82) is 0 Å². The predicted octanol–water partition coefficient (Wildman–Crippen LogP) is 3.31. The molecule has 24 heavy (non-hydrogen) atoms. The Bertz CT molecular complexity index is 800. The van der Waals surface area contributed by atoms with Crippen molar-refractivity contribution < 1.29 is 14.6 Å². The van der Waals surface area contributed by atoms with Crippen LogP contribution in [0.4, 0.5) is 0 Å². The number of nitrogens with zero attached hydrogens (tertiary/aromatic N) is 2. The van der Waals surface area contributed by atoms with Crippen LogP contribution >= 0.6 is 11.6 Å². The topological polar surface area (TPSA) is 62.1 Å². The molecule has 1 atom stereocenters. The number of amides is 1. The van der Waals surface area contributed by atoms with Crippen LogP contribution in [-0.2, 0) is 0 Å². The second-order valence-corrected chi connectivity index (χ2v) is 6.23. The van der Waals surface area contributed by atoms with E-state index in [1.807, 2.05) is 12.1 Å². The van der Waals surface area contributed by atoms with Gasteiger partial charge in [-0.15, -0.1) is 0 Å². The fourth-order valence-electron chi connectivity index (χ4n) is 2.60. The van der Waals surface area contributed by atoms with Gasteiger partial charge in [-0.1, -0.05) is 29.8 Å². The van der Waals surface area contributed by atoms with Crippen LogP contribution in [0.15, 0.2) is 53.6 Å². The lowest BCUT2D eigenvalue weighted by Gasteiger charge is -2.27. The van der Waals surface area contributed by atoms with Gasteiger partial charge in [0.2, 0.25) is 0 Å². The van der Waals surface area contributed by atoms with Gasteiger partial charge < -0.3 is 9.84 Å². The first-order valence-corrected chi connectivity index (χ1v) is 7.83. The summed E-state index contributed by atoms with van der Waals surface area (Å²) in [5.74, 6) is 0.185. The number of hydrogen-bond donors (Lipinski definition) is 1. The van der Waals surface area contributed by atoms with Crippen LogP contribution in [0.25, 0.3) is 0 Å². The van der Waals surface area contributed by atoms with Crippen molar-refractivity contribution in [3.05, 3.63) is 64.7 Å². The normalized spacial score (nSPS) is 20.0. The molecule has 0 saturated carbocycles. The van der Waals surface area contributed by atoms with E-state index in [0.717, 1.165) is 10.6 Å². The van der Waals surface area contributed by atoms with Crippen LogP contribution in [-0.4, -0.2) is 34.6 Å². The third-order valence-electron chi connectivity index (χ3n) is 3.87. The molecule has 6 heteroatoms. The molecule has 2 aromatic carbocycles. The zero-order valence-electron chi connectivity index (χ0n) is 13.4. The van der Waals surface area contributed by atoms with E-state index >= 15 is 0 Å². The third-order valence-corrected chi connectivity index (χ3v) is 4.12. The first kappa shape index (κ1) is 16.5. The molecule has 1 N–H and O–H groups in total. The SMILES string of the molecule is COc1cccc(C(=O)N2N=C(c3ccc(Cl)cc3)CC2(C)O)c1. The summed E-state index contributed by atoms with van der Waals surface area (Å²) in [7, 11) is 1.53. The summed E-state index contributed by atoms with van der Waals surface area (Å²) in [6, 6.07) is 13.9. The highest BCUT2D eigenvalue weighted by Crippen LogP contribution is 2.30. The second kappa shape index (κ2) is 6.26. The van der Waals surface area contributed by atoms with E-state index in [-0.39, 0.29) is 12.3 Å². The molecule has 124 valence electrons. The van der Waals surface area contributed by atoms with E-state index in [0.29, 0.717) is 22.0 Å². The zero-order valence-corrected chi connectivity index (χ0v) is 14.1. The predicted molar refractivity (Wildman–Crippen MR) is 92.4 cm³/mol. The maximum absolute atomic E-state index is 12.7. The molecule has 5 nitrogen and oxygen atoms in total. The van der Waals surface area contributed by atoms with Gasteiger partial charge in [0.1, 0.15) is 5.75 Å². The van der Waals surface area contributed by atoms with Crippen LogP contribution in [0, 0.1) is 0 Å². The van der Waals surface area contributed by atoms with Crippen molar-refractivity contribution in [1.82, 2.24) is 5.01 Å². The van der Waals surface area contributed by atoms with Gasteiger partial charge in [0.05, 0.1) is 12.8 Å². The largest absolute Gasteiger partial charge is 0.497 e. The summed E-state index contributed by atoms with van der Waals surface area (Å²) in [6.45, 7) is 1.57. The van der Waals surface area contributed by atoms with E-state index in [1.54, 1.807) is 43.3 Å². The standard InChI is InChI=1S/C18H17ClN2O3/c1-18(23)11-16(12-6-8-14(19)9-7-12)20-21(18)17(22)13-4-3-5-15(10-13)24-2/h3-10,23H,11H2,1-2H3. The Kier molecular flexibility index (Phi) is 4.30. The minimum absolute atomic E-state index is 0.240. The molecule has 0 fully saturated rings. The molecular formula is C18H17ClN2O3. The van der Waals surface area contributed by atoms with Crippen LogP contribution in [0.1, 0.15) is 29.3 Å². The van der Waals surface area contributed by atoms with Gasteiger partial charge in [-0.3, -0.25) is 4.79 Å². The summed E-state index contributed by atoms with van der Waals surface area (Å²) in [5.41, 5.74) is 0.457. The molecule has 0 bridgehead atoms. The molecule has 1 amide bonds. The van der Waals surface area contributed by atoms with E-state index in [9.17, 15) is 9.90 Å². The highest BCUT2D eigenvalue weighted by Gasteiger charge is 2.41. The lowest BCUT2D eigenvalue weighted by Crippen LogP contribution is -2.43. The molecule has 2 aromatic rings. The smallest absolute Gasteiger partial charge is 0.276 e. The van der Waals surface area contributed by atoms with Crippen LogP contribution in [0.3, 0.4) is 0 Å². The Labute approximate surface area is 145 Å². The molecule has 1 heterocycles. The maximum atomic E-state index is 12.7. The lowest BCUT2D eigenvalue weighted by atomic mass is 10.0. The van der Waals surface area contributed by atoms with Crippen molar-refractivity contribution in [3.63, 3.8) is 0 Å². The molecule has 0 aliphatic carbocycles. The Balaban J connectivity index is 1.93. The minimum atomic E-state index is -1.39. The van der Waals surface area contributed by atoms with Gasteiger partial charge in [0, 0.05) is 17.0 Å². The fourth-order valence-corrected chi connectivity index (χ4v) is 2.73. The van der Waals surface area contributed by atoms with Gasteiger partial charge in [0.25, 0.3) is 5.91 Å². The molecule has 1 aliphatic heterocycles. The quantitative estimate of drug-likeness (QED) is 0.929. The number of benzene rings is 2. The number of ether oxygens (including phenoxy) is 1. The molecule has 0 radical (unpaired) electrons. The van der Waals surface area contributed by atoms with Gasteiger partial charge in [-0.25, -0.2) is 0 Å². The molecule has 1 unspecified atom stereocenters. The second-order valence-electron chi connectivity index (χ2n) is 5.80. The van der Waals surface area contributed by atoms with Gasteiger partial charge in [-0.2, -0.15) is 10.1 Å². The molecule has 0 aromatic heterocycles. The average Bonchev–Trinajstić information content (AvgIpc) is 2.90. The summed E-state index contributed by atoms with van der Waals surface area (Å²) < 4.78 is 5.14. The van der Waals surface area contributed by atoms with Crippen molar-refractivity contribution in [3.8, 4) is 5.75 Å². The van der Waals surface area contributed by atoms with Crippen LogP contribution < -0.4 is 4.74 Å². The minimum Gasteiger partial charge on any atom is -0.497 e. The van der Waals surface area contributed by atoms with Crippen molar-refractivity contribution in [2.45, 2.75) is 19.1 Å². The lowest BCUT2D eigenvalue weighted by molar-refractivity contribution is -0.0553. The van der Waals surface area contributed by atoms with Crippen molar-refractivity contribution >= 4 is 23.2 Å². The van der Waals surface area contributed by atoms with Gasteiger partial charge in [-0.05, 0) is 42.8 Å².